The summed E-state index contributed by atoms with van der Waals surface area (Å²) in [4.78, 5) is 4.50. The van der Waals surface area contributed by atoms with E-state index in [9.17, 15) is 0 Å². The Hall–Kier alpha value is -1.65. The van der Waals surface area contributed by atoms with Crippen LogP contribution in [0.15, 0.2) is 30.3 Å². The minimum atomic E-state index is 0.193. The van der Waals surface area contributed by atoms with Gasteiger partial charge in [-0.2, -0.15) is 0 Å². The number of thiocarbonyl (C=S) groups is 1. The summed E-state index contributed by atoms with van der Waals surface area (Å²) in [6, 6.07) is 9.49. The Bertz CT molecular complexity index is 626. The van der Waals surface area contributed by atoms with Gasteiger partial charge in [0, 0.05) is 5.56 Å². The maximum absolute atomic E-state index is 6.22. The predicted molar refractivity (Wildman–Crippen MR) is 79.7 cm³/mol. The number of hydrogen-bond donors (Lipinski definition) is 2. The number of nitrogens with two attached hydrogens (primary N) is 2. The van der Waals surface area contributed by atoms with Crippen molar-refractivity contribution in [1.29, 1.82) is 0 Å². The van der Waals surface area contributed by atoms with Gasteiger partial charge in [0.15, 0.2) is 0 Å². The van der Waals surface area contributed by atoms with Gasteiger partial charge in [-0.1, -0.05) is 48.1 Å². The topological polar surface area (TPSA) is 64.9 Å². The number of pyridine rings is 1. The smallest absolute Gasteiger partial charge is 0.134 e. The van der Waals surface area contributed by atoms with Crippen LogP contribution in [0.2, 0.25) is 5.02 Å². The molecule has 1 aromatic heterocycles. The van der Waals surface area contributed by atoms with Crippen molar-refractivity contribution in [2.75, 3.05) is 5.73 Å². The lowest BCUT2D eigenvalue weighted by Crippen LogP contribution is -2.13. The Morgan fingerprint density at radius 1 is 1.33 bits per heavy atom. The lowest BCUT2D eigenvalue weighted by atomic mass is 10.0. The van der Waals surface area contributed by atoms with Crippen LogP contribution in [0.5, 0.6) is 0 Å². The number of anilines is 1. The molecular formula is C13H12ClN3S. The summed E-state index contributed by atoms with van der Waals surface area (Å²) >= 11 is 11.1. The number of nitrogens with zero attached hydrogens (tertiary/aromatic N) is 1. The molecule has 0 amide bonds. The number of aryl methyl sites for hydroxylation is 1. The molecule has 0 fully saturated rings. The van der Waals surface area contributed by atoms with Gasteiger partial charge in [-0.25, -0.2) is 4.98 Å². The maximum Gasteiger partial charge on any atom is 0.134 e. The third-order valence-corrected chi connectivity index (χ3v) is 3.18. The van der Waals surface area contributed by atoms with Crippen LogP contribution in [0.4, 0.5) is 5.82 Å². The fourth-order valence-corrected chi connectivity index (χ4v) is 2.14. The van der Waals surface area contributed by atoms with Gasteiger partial charge in [0.25, 0.3) is 0 Å². The zero-order chi connectivity index (χ0) is 13.3. The van der Waals surface area contributed by atoms with E-state index in [1.165, 1.54) is 0 Å². The average Bonchev–Trinajstić information content (AvgIpc) is 2.32. The van der Waals surface area contributed by atoms with E-state index in [1.54, 1.807) is 6.07 Å². The molecule has 1 aromatic carbocycles. The largest absolute Gasteiger partial charge is 0.389 e. The Morgan fingerprint density at radius 3 is 2.61 bits per heavy atom. The standard InChI is InChI=1S/C13H12ClN3S/c1-7-4-2-3-5-8(7)11-10(14)6-9(13(16)18)12(15)17-11/h2-6H,1H3,(H2,15,17)(H2,16,18). The number of aromatic nitrogens is 1. The van der Waals surface area contributed by atoms with Crippen molar-refractivity contribution < 1.29 is 0 Å². The minimum absolute atomic E-state index is 0.193. The van der Waals surface area contributed by atoms with Gasteiger partial charge in [0.05, 0.1) is 16.3 Å². The Labute approximate surface area is 116 Å². The molecule has 5 heteroatoms. The molecule has 0 radical (unpaired) electrons. The van der Waals surface area contributed by atoms with E-state index >= 15 is 0 Å². The highest BCUT2D eigenvalue weighted by atomic mass is 35.5. The molecule has 0 bridgehead atoms. The van der Waals surface area contributed by atoms with Crippen molar-refractivity contribution in [2.45, 2.75) is 6.92 Å². The number of hydrogen-bond acceptors (Lipinski definition) is 3. The van der Waals surface area contributed by atoms with Crippen LogP contribution < -0.4 is 11.5 Å². The van der Waals surface area contributed by atoms with Gasteiger partial charge in [-0.15, -0.1) is 0 Å². The predicted octanol–water partition coefficient (Wildman–Crippen LogP) is 2.93. The summed E-state index contributed by atoms with van der Waals surface area (Å²) in [6.45, 7) is 1.99. The van der Waals surface area contributed by atoms with E-state index in [-0.39, 0.29) is 4.99 Å². The third-order valence-electron chi connectivity index (χ3n) is 2.67. The molecule has 2 rings (SSSR count). The van der Waals surface area contributed by atoms with Crippen LogP contribution in [0.3, 0.4) is 0 Å². The molecule has 0 atom stereocenters. The van der Waals surface area contributed by atoms with Crippen LogP contribution in [-0.4, -0.2) is 9.97 Å². The number of halogens is 1. The minimum Gasteiger partial charge on any atom is -0.389 e. The second-order valence-electron chi connectivity index (χ2n) is 3.93. The maximum atomic E-state index is 6.22. The zero-order valence-corrected chi connectivity index (χ0v) is 11.3. The van der Waals surface area contributed by atoms with Crippen molar-refractivity contribution in [3.05, 3.63) is 46.5 Å². The van der Waals surface area contributed by atoms with Crippen molar-refractivity contribution in [2.24, 2.45) is 5.73 Å². The van der Waals surface area contributed by atoms with Crippen molar-refractivity contribution in [3.8, 4) is 11.3 Å². The van der Waals surface area contributed by atoms with Crippen LogP contribution in [-0.2, 0) is 0 Å². The second-order valence-corrected chi connectivity index (χ2v) is 4.78. The Kier molecular flexibility index (Phi) is 3.50. The summed E-state index contributed by atoms with van der Waals surface area (Å²) in [5.74, 6) is 0.296. The van der Waals surface area contributed by atoms with Gasteiger partial charge < -0.3 is 11.5 Å². The molecule has 0 aliphatic heterocycles. The molecule has 0 aliphatic carbocycles. The molecule has 18 heavy (non-hydrogen) atoms. The highest BCUT2D eigenvalue weighted by Gasteiger charge is 2.13. The summed E-state index contributed by atoms with van der Waals surface area (Å²) in [5.41, 5.74) is 14.6. The Morgan fingerprint density at radius 2 is 2.00 bits per heavy atom. The van der Waals surface area contributed by atoms with Crippen LogP contribution in [0.25, 0.3) is 11.3 Å². The number of benzene rings is 1. The molecule has 0 unspecified atom stereocenters. The molecule has 0 saturated heterocycles. The fourth-order valence-electron chi connectivity index (χ4n) is 1.73. The highest BCUT2D eigenvalue weighted by molar-refractivity contribution is 7.80. The van der Waals surface area contributed by atoms with Crippen LogP contribution in [0.1, 0.15) is 11.1 Å². The highest BCUT2D eigenvalue weighted by Crippen LogP contribution is 2.30. The lowest BCUT2D eigenvalue weighted by Gasteiger charge is -2.10. The summed E-state index contributed by atoms with van der Waals surface area (Å²) < 4.78 is 0. The first-order valence-electron chi connectivity index (χ1n) is 5.32. The van der Waals surface area contributed by atoms with Gasteiger partial charge in [-0.05, 0) is 18.6 Å². The first-order chi connectivity index (χ1) is 8.50. The quantitative estimate of drug-likeness (QED) is 0.829. The molecule has 1 heterocycles. The summed E-state index contributed by atoms with van der Waals surface area (Å²) in [5, 5.41) is 0.487. The van der Waals surface area contributed by atoms with Crippen LogP contribution in [0, 0.1) is 6.92 Å². The fraction of sp³-hybridized carbons (Fsp3) is 0.0769. The molecule has 0 saturated carbocycles. The molecule has 4 N–H and O–H groups in total. The van der Waals surface area contributed by atoms with Gasteiger partial charge in [0.1, 0.15) is 10.8 Å². The first kappa shape index (κ1) is 12.8. The molecule has 0 spiro atoms. The first-order valence-corrected chi connectivity index (χ1v) is 6.11. The normalized spacial score (nSPS) is 10.3. The van der Waals surface area contributed by atoms with Crippen molar-refractivity contribution >= 4 is 34.6 Å². The van der Waals surface area contributed by atoms with E-state index < -0.39 is 0 Å². The van der Waals surface area contributed by atoms with E-state index in [2.05, 4.69) is 4.98 Å². The average molecular weight is 278 g/mol. The van der Waals surface area contributed by atoms with Crippen molar-refractivity contribution in [3.63, 3.8) is 0 Å². The van der Waals surface area contributed by atoms with Gasteiger partial charge >= 0.3 is 0 Å². The van der Waals surface area contributed by atoms with Crippen LogP contribution >= 0.6 is 23.8 Å². The van der Waals surface area contributed by atoms with Crippen molar-refractivity contribution in [1.82, 2.24) is 4.98 Å². The monoisotopic (exact) mass is 277 g/mol. The van der Waals surface area contributed by atoms with E-state index in [4.69, 9.17) is 35.3 Å². The molecule has 2 aromatic rings. The number of nitrogen functional groups attached to an aromatic ring is 1. The molecule has 0 aliphatic rings. The summed E-state index contributed by atoms with van der Waals surface area (Å²) in [7, 11) is 0. The van der Waals surface area contributed by atoms with Gasteiger partial charge in [-0.3, -0.25) is 0 Å². The number of rotatable bonds is 2. The molecule has 3 nitrogen and oxygen atoms in total. The SMILES string of the molecule is Cc1ccccc1-c1nc(N)c(C(N)=S)cc1Cl. The lowest BCUT2D eigenvalue weighted by molar-refractivity contribution is 1.30. The van der Waals surface area contributed by atoms with Gasteiger partial charge in [0.2, 0.25) is 0 Å². The summed E-state index contributed by atoms with van der Waals surface area (Å²) in [6.07, 6.45) is 0. The van der Waals surface area contributed by atoms with E-state index in [0.717, 1.165) is 11.1 Å². The van der Waals surface area contributed by atoms with E-state index in [1.807, 2.05) is 31.2 Å². The molecule has 92 valence electrons. The van der Waals surface area contributed by atoms with E-state index in [0.29, 0.717) is 22.1 Å². The third kappa shape index (κ3) is 2.30. The molecular weight excluding hydrogens is 266 g/mol. The second kappa shape index (κ2) is 4.92. The Balaban J connectivity index is 2.64. The zero-order valence-electron chi connectivity index (χ0n) is 9.77.